The number of aliphatic hydroxyl groups excluding tert-OH is 1. The summed E-state index contributed by atoms with van der Waals surface area (Å²) in [4.78, 5) is 50.8. The van der Waals surface area contributed by atoms with E-state index in [2.05, 4.69) is 10.6 Å². The average molecular weight is 670 g/mol. The number of anilines is 1. The van der Waals surface area contributed by atoms with Gasteiger partial charge in [0.1, 0.15) is 28.7 Å². The Labute approximate surface area is 275 Å². The molecule has 3 amide bonds. The normalized spacial score (nSPS) is 17.3. The highest BCUT2D eigenvalue weighted by atomic mass is 32.2. The molecule has 1 aliphatic heterocycles. The van der Waals surface area contributed by atoms with Crippen LogP contribution in [0.2, 0.25) is 0 Å². The Balaban J connectivity index is 1.36. The van der Waals surface area contributed by atoms with E-state index in [0.29, 0.717) is 17.0 Å². The molecule has 1 fully saturated rings. The third-order valence-electron chi connectivity index (χ3n) is 7.33. The number of carboxylic acid groups (broad SMARTS) is 1. The molecule has 2 unspecified atom stereocenters. The SMILES string of the molecule is CC(C)(C)CC(NC(=O)CNC(=O)COc1ccc([C@@H]2[C@@H](SCC(O)c3ccc(F)cc3)C(=O)N2c2ccc(F)cc2)cc1)C(=O)O. The van der Waals surface area contributed by atoms with E-state index in [0.717, 1.165) is 5.56 Å². The topological polar surface area (TPSA) is 145 Å². The summed E-state index contributed by atoms with van der Waals surface area (Å²) in [5, 5.41) is 24.3. The molecule has 47 heavy (non-hydrogen) atoms. The van der Waals surface area contributed by atoms with Crippen LogP contribution in [-0.2, 0) is 19.2 Å². The monoisotopic (exact) mass is 669 g/mol. The lowest BCUT2D eigenvalue weighted by Crippen LogP contribution is -2.57. The van der Waals surface area contributed by atoms with Crippen molar-refractivity contribution in [2.24, 2.45) is 5.41 Å². The quantitative estimate of drug-likeness (QED) is 0.185. The van der Waals surface area contributed by atoms with Crippen LogP contribution in [0.15, 0.2) is 72.8 Å². The van der Waals surface area contributed by atoms with Crippen LogP contribution >= 0.6 is 11.8 Å². The summed E-state index contributed by atoms with van der Waals surface area (Å²) in [6, 6.07) is 16.2. The number of ether oxygens (including phenoxy) is 1. The second kappa shape index (κ2) is 15.4. The van der Waals surface area contributed by atoms with Gasteiger partial charge in [0.05, 0.1) is 18.7 Å². The Kier molecular flexibility index (Phi) is 11.6. The molecular formula is C34H37F2N3O7S. The minimum atomic E-state index is -1.16. The Bertz CT molecular complexity index is 1560. The fourth-order valence-electron chi connectivity index (χ4n) is 5.01. The van der Waals surface area contributed by atoms with Gasteiger partial charge in [-0.25, -0.2) is 13.6 Å². The van der Waals surface area contributed by atoms with Crippen molar-refractivity contribution in [3.05, 3.63) is 95.6 Å². The zero-order valence-corrected chi connectivity index (χ0v) is 26.9. The summed E-state index contributed by atoms with van der Waals surface area (Å²) in [7, 11) is 0. The van der Waals surface area contributed by atoms with Crippen LogP contribution in [0.3, 0.4) is 0 Å². The van der Waals surface area contributed by atoms with E-state index in [9.17, 15) is 38.2 Å². The number of hydrogen-bond acceptors (Lipinski definition) is 7. The van der Waals surface area contributed by atoms with E-state index in [-0.39, 0.29) is 23.5 Å². The Morgan fingerprint density at radius 2 is 1.53 bits per heavy atom. The van der Waals surface area contributed by atoms with Gasteiger partial charge in [-0.05, 0) is 71.5 Å². The van der Waals surface area contributed by atoms with Crippen molar-refractivity contribution in [1.29, 1.82) is 0 Å². The molecule has 0 bridgehead atoms. The molecule has 3 aromatic rings. The highest BCUT2D eigenvalue weighted by molar-refractivity contribution is 8.00. The third kappa shape index (κ3) is 9.75. The lowest BCUT2D eigenvalue weighted by Gasteiger charge is -2.47. The molecule has 250 valence electrons. The average Bonchev–Trinajstić information content (AvgIpc) is 3.02. The highest BCUT2D eigenvalue weighted by Gasteiger charge is 2.49. The largest absolute Gasteiger partial charge is 0.484 e. The van der Waals surface area contributed by atoms with Crippen molar-refractivity contribution in [2.75, 3.05) is 23.8 Å². The second-order valence-electron chi connectivity index (χ2n) is 12.3. The molecule has 0 saturated carbocycles. The number of aliphatic carboxylic acids is 1. The van der Waals surface area contributed by atoms with Gasteiger partial charge in [0.2, 0.25) is 11.8 Å². The number of halogens is 2. The fraction of sp³-hybridized carbons (Fsp3) is 0.353. The van der Waals surface area contributed by atoms with E-state index in [1.807, 2.05) is 20.8 Å². The van der Waals surface area contributed by atoms with E-state index < -0.39 is 66.0 Å². The number of carbonyl (C=O) groups excluding carboxylic acids is 3. The number of carboxylic acids is 1. The standard InChI is InChI=1S/C34H37F2N3O7S/c1-34(2,3)16-26(33(44)45)38-28(41)17-37-29(42)18-46-25-14-6-21(7-15-25)30-31(32(43)39(30)24-12-10-23(36)11-13-24)47-19-27(40)20-4-8-22(35)9-5-20/h4-15,26-27,30-31,40H,16-19H2,1-3H3,(H,37,42)(H,38,41)(H,44,45)/t26?,27?,30-,31-/m1/s1. The lowest BCUT2D eigenvalue weighted by atomic mass is 9.88. The van der Waals surface area contributed by atoms with Crippen LogP contribution in [0.1, 0.15) is 50.5 Å². The van der Waals surface area contributed by atoms with Crippen LogP contribution in [0.25, 0.3) is 0 Å². The molecule has 1 heterocycles. The van der Waals surface area contributed by atoms with Gasteiger partial charge in [0.25, 0.3) is 5.91 Å². The number of benzene rings is 3. The van der Waals surface area contributed by atoms with E-state index in [1.165, 1.54) is 60.3 Å². The summed E-state index contributed by atoms with van der Waals surface area (Å²) >= 11 is 1.26. The lowest BCUT2D eigenvalue weighted by molar-refractivity contribution is -0.142. The van der Waals surface area contributed by atoms with Crippen molar-refractivity contribution >= 4 is 41.1 Å². The van der Waals surface area contributed by atoms with Crippen LogP contribution in [-0.4, -0.2) is 64.1 Å². The Morgan fingerprint density at radius 3 is 2.11 bits per heavy atom. The summed E-state index contributed by atoms with van der Waals surface area (Å²) in [6.45, 7) is 4.75. The van der Waals surface area contributed by atoms with E-state index in [4.69, 9.17) is 4.74 Å². The molecule has 3 aromatic carbocycles. The number of amides is 3. The van der Waals surface area contributed by atoms with Crippen molar-refractivity contribution in [2.45, 2.75) is 50.6 Å². The maximum Gasteiger partial charge on any atom is 0.326 e. The van der Waals surface area contributed by atoms with Gasteiger partial charge in [-0.3, -0.25) is 14.4 Å². The smallest absolute Gasteiger partial charge is 0.326 e. The Hall–Kier alpha value is -4.49. The van der Waals surface area contributed by atoms with Gasteiger partial charge in [-0.1, -0.05) is 45.0 Å². The number of hydrogen-bond donors (Lipinski definition) is 4. The molecular weight excluding hydrogens is 632 g/mol. The zero-order chi connectivity index (χ0) is 34.3. The molecule has 1 saturated heterocycles. The number of carbonyl (C=O) groups is 4. The highest BCUT2D eigenvalue weighted by Crippen LogP contribution is 2.46. The first kappa shape index (κ1) is 35.4. The van der Waals surface area contributed by atoms with Gasteiger partial charge < -0.3 is 30.5 Å². The first-order valence-electron chi connectivity index (χ1n) is 14.9. The number of nitrogens with zero attached hydrogens (tertiary/aromatic N) is 1. The van der Waals surface area contributed by atoms with Crippen LogP contribution in [0, 0.1) is 17.0 Å². The first-order chi connectivity index (χ1) is 22.2. The predicted molar refractivity (Wildman–Crippen MR) is 173 cm³/mol. The minimum absolute atomic E-state index is 0.178. The molecule has 13 heteroatoms. The van der Waals surface area contributed by atoms with Gasteiger partial charge in [-0.15, -0.1) is 11.8 Å². The van der Waals surface area contributed by atoms with Crippen molar-refractivity contribution < 1.29 is 42.9 Å². The van der Waals surface area contributed by atoms with Crippen molar-refractivity contribution in [1.82, 2.24) is 10.6 Å². The molecule has 0 radical (unpaired) electrons. The Morgan fingerprint density at radius 1 is 0.936 bits per heavy atom. The maximum atomic E-state index is 13.6. The maximum absolute atomic E-state index is 13.6. The molecule has 10 nitrogen and oxygen atoms in total. The number of nitrogens with one attached hydrogen (secondary N) is 2. The van der Waals surface area contributed by atoms with Crippen molar-refractivity contribution in [3.8, 4) is 5.75 Å². The summed E-state index contributed by atoms with van der Waals surface area (Å²) in [5.74, 6) is -2.94. The third-order valence-corrected chi connectivity index (χ3v) is 8.65. The molecule has 4 rings (SSSR count). The van der Waals surface area contributed by atoms with E-state index in [1.54, 1.807) is 29.2 Å². The molecule has 0 aliphatic carbocycles. The number of rotatable bonds is 14. The van der Waals surface area contributed by atoms with Gasteiger partial charge in [0.15, 0.2) is 6.61 Å². The number of aliphatic hydroxyl groups is 1. The van der Waals surface area contributed by atoms with E-state index >= 15 is 0 Å². The fourth-order valence-corrected chi connectivity index (χ4v) is 6.31. The summed E-state index contributed by atoms with van der Waals surface area (Å²) in [5.41, 5.74) is 1.43. The number of β-lactam (4-membered cyclic amide) rings is 1. The van der Waals surface area contributed by atoms with Gasteiger partial charge in [0, 0.05) is 11.4 Å². The van der Waals surface area contributed by atoms with Crippen LogP contribution in [0.5, 0.6) is 5.75 Å². The zero-order valence-electron chi connectivity index (χ0n) is 26.1. The van der Waals surface area contributed by atoms with Crippen LogP contribution in [0.4, 0.5) is 14.5 Å². The minimum Gasteiger partial charge on any atom is -0.484 e. The summed E-state index contributed by atoms with van der Waals surface area (Å²) < 4.78 is 32.5. The van der Waals surface area contributed by atoms with Crippen LogP contribution < -0.4 is 20.3 Å². The second-order valence-corrected chi connectivity index (χ2v) is 13.5. The summed E-state index contributed by atoms with van der Waals surface area (Å²) in [6.07, 6.45) is -0.709. The number of thioether (sulfide) groups is 1. The first-order valence-corrected chi connectivity index (χ1v) is 15.9. The predicted octanol–water partition coefficient (Wildman–Crippen LogP) is 4.39. The molecule has 4 N–H and O–H groups in total. The van der Waals surface area contributed by atoms with Crippen molar-refractivity contribution in [3.63, 3.8) is 0 Å². The molecule has 4 atom stereocenters. The van der Waals surface area contributed by atoms with Gasteiger partial charge >= 0.3 is 5.97 Å². The molecule has 0 aromatic heterocycles. The molecule has 0 spiro atoms. The van der Waals surface area contributed by atoms with Gasteiger partial charge in [-0.2, -0.15) is 0 Å². The molecule has 1 aliphatic rings.